The summed E-state index contributed by atoms with van der Waals surface area (Å²) in [7, 11) is 0. The zero-order valence-corrected chi connectivity index (χ0v) is 3.78. The zero-order chi connectivity index (χ0) is 3.86. The van der Waals surface area contributed by atoms with Crippen molar-refractivity contribution in [3.8, 4) is 0 Å². The van der Waals surface area contributed by atoms with Crippen molar-refractivity contribution >= 4 is 0 Å². The van der Waals surface area contributed by atoms with Crippen LogP contribution in [0.4, 0.5) is 0 Å². The zero-order valence-electron chi connectivity index (χ0n) is 3.78. The van der Waals surface area contributed by atoms with Crippen molar-refractivity contribution in [2.45, 2.75) is 20.3 Å². The van der Waals surface area contributed by atoms with Crippen LogP contribution in [0.15, 0.2) is 0 Å². The van der Waals surface area contributed by atoms with Crippen LogP contribution < -0.4 is 0 Å². The Morgan fingerprint density at radius 2 is 2.00 bits per heavy atom. The van der Waals surface area contributed by atoms with Gasteiger partial charge in [0.05, 0.1) is 0 Å². The fraction of sp³-hybridized carbons (Fsp3) is 0.800. The second-order valence-corrected chi connectivity index (χ2v) is 1.95. The summed E-state index contributed by atoms with van der Waals surface area (Å²) < 4.78 is 0. The van der Waals surface area contributed by atoms with E-state index < -0.39 is 0 Å². The molecule has 1 fully saturated rings. The molecule has 0 N–H and O–H groups in total. The SMILES string of the molecule is C[C]1CC1C. The number of hydrogen-bond acceptors (Lipinski definition) is 0. The van der Waals surface area contributed by atoms with E-state index in [1.54, 1.807) is 5.92 Å². The molecule has 0 saturated heterocycles. The number of rotatable bonds is 0. The summed E-state index contributed by atoms with van der Waals surface area (Å²) in [5.41, 5.74) is 0. The molecule has 0 heterocycles. The Morgan fingerprint density at radius 3 is 2.00 bits per heavy atom. The van der Waals surface area contributed by atoms with Crippen LogP contribution in [0.2, 0.25) is 0 Å². The van der Waals surface area contributed by atoms with Gasteiger partial charge < -0.3 is 0 Å². The van der Waals surface area contributed by atoms with Crippen molar-refractivity contribution in [3.05, 3.63) is 5.92 Å². The first-order chi connectivity index (χ1) is 2.30. The fourth-order valence-corrected chi connectivity index (χ4v) is 0.424. The summed E-state index contributed by atoms with van der Waals surface area (Å²) in [6.07, 6.45) is 1.39. The van der Waals surface area contributed by atoms with E-state index in [2.05, 4.69) is 13.8 Å². The van der Waals surface area contributed by atoms with Crippen molar-refractivity contribution in [2.75, 3.05) is 0 Å². The molecule has 0 spiro atoms. The Kier molecular flexibility index (Phi) is 0.470. The van der Waals surface area contributed by atoms with E-state index >= 15 is 0 Å². The highest BCUT2D eigenvalue weighted by Crippen LogP contribution is 2.38. The van der Waals surface area contributed by atoms with Gasteiger partial charge in [-0.15, -0.1) is 0 Å². The fourth-order valence-electron chi connectivity index (χ4n) is 0.424. The van der Waals surface area contributed by atoms with Crippen LogP contribution in [0.25, 0.3) is 0 Å². The molecule has 0 bridgehead atoms. The second kappa shape index (κ2) is 0.735. The van der Waals surface area contributed by atoms with Gasteiger partial charge in [0.15, 0.2) is 0 Å². The van der Waals surface area contributed by atoms with Gasteiger partial charge in [-0.1, -0.05) is 13.8 Å². The van der Waals surface area contributed by atoms with Crippen molar-refractivity contribution in [1.29, 1.82) is 0 Å². The lowest BCUT2D eigenvalue weighted by Crippen LogP contribution is -1.55. The molecule has 0 amide bonds. The molecule has 0 aromatic rings. The maximum Gasteiger partial charge on any atom is -0.0241 e. The molecule has 29 valence electrons. The molecule has 1 radical (unpaired) electrons. The summed E-state index contributed by atoms with van der Waals surface area (Å²) in [4.78, 5) is 0. The van der Waals surface area contributed by atoms with Crippen LogP contribution >= 0.6 is 0 Å². The van der Waals surface area contributed by atoms with Gasteiger partial charge in [-0.05, 0) is 18.3 Å². The minimum Gasteiger partial charge on any atom is -0.0619 e. The molecule has 5 heavy (non-hydrogen) atoms. The lowest BCUT2D eigenvalue weighted by Gasteiger charge is -1.66. The summed E-state index contributed by atoms with van der Waals surface area (Å²) in [5.74, 6) is 2.64. The van der Waals surface area contributed by atoms with Crippen molar-refractivity contribution < 1.29 is 0 Å². The maximum absolute atomic E-state index is 2.26. The highest BCUT2D eigenvalue weighted by Gasteiger charge is 2.27. The molecule has 0 aliphatic heterocycles. The predicted octanol–water partition coefficient (Wildman–Crippen LogP) is 1.62. The molecular formula is C5H9. The average Bonchev–Trinajstić information content (AvgIpc) is 1.79. The largest absolute Gasteiger partial charge is 0.0619 e. The van der Waals surface area contributed by atoms with Gasteiger partial charge in [0.1, 0.15) is 0 Å². The molecule has 1 rings (SSSR count). The minimum absolute atomic E-state index is 0.968. The van der Waals surface area contributed by atoms with Gasteiger partial charge in [0.25, 0.3) is 0 Å². The normalized spacial score (nSPS) is 38.4. The van der Waals surface area contributed by atoms with Crippen LogP contribution in [-0.2, 0) is 0 Å². The Morgan fingerprint density at radius 1 is 1.80 bits per heavy atom. The topological polar surface area (TPSA) is 0 Å². The first-order valence-electron chi connectivity index (χ1n) is 2.13. The van der Waals surface area contributed by atoms with Gasteiger partial charge in [-0.2, -0.15) is 0 Å². The smallest absolute Gasteiger partial charge is 0.0241 e. The molecule has 1 unspecified atom stereocenters. The highest BCUT2D eigenvalue weighted by atomic mass is 14.3. The molecule has 0 heteroatoms. The van der Waals surface area contributed by atoms with E-state index in [0.717, 1.165) is 5.92 Å². The Bertz CT molecular complexity index is 33.3. The molecule has 0 aromatic carbocycles. The molecule has 0 nitrogen and oxygen atoms in total. The second-order valence-electron chi connectivity index (χ2n) is 1.95. The summed E-state index contributed by atoms with van der Waals surface area (Å²) >= 11 is 0. The first-order valence-corrected chi connectivity index (χ1v) is 2.13. The average molecular weight is 69.1 g/mol. The van der Waals surface area contributed by atoms with Gasteiger partial charge in [0, 0.05) is 0 Å². The third-order valence-corrected chi connectivity index (χ3v) is 1.31. The minimum atomic E-state index is 0.968. The summed E-state index contributed by atoms with van der Waals surface area (Å²) in [6.45, 7) is 4.47. The van der Waals surface area contributed by atoms with E-state index in [-0.39, 0.29) is 0 Å². The Labute approximate surface area is 33.2 Å². The van der Waals surface area contributed by atoms with Crippen LogP contribution in [0.5, 0.6) is 0 Å². The lowest BCUT2D eigenvalue weighted by molar-refractivity contribution is 0.989. The van der Waals surface area contributed by atoms with Gasteiger partial charge in [0.2, 0.25) is 0 Å². The Hall–Kier alpha value is 0. The molecule has 1 aliphatic carbocycles. The van der Waals surface area contributed by atoms with Crippen molar-refractivity contribution in [3.63, 3.8) is 0 Å². The van der Waals surface area contributed by atoms with Crippen LogP contribution in [0.3, 0.4) is 0 Å². The third-order valence-electron chi connectivity index (χ3n) is 1.31. The molecule has 1 aliphatic rings. The standard InChI is InChI=1S/C5H9/c1-4-3-5(4)2/h4H,3H2,1-2H3. The third kappa shape index (κ3) is 0.444. The van der Waals surface area contributed by atoms with Crippen LogP contribution in [0, 0.1) is 11.8 Å². The van der Waals surface area contributed by atoms with E-state index in [0.29, 0.717) is 0 Å². The summed E-state index contributed by atoms with van der Waals surface area (Å²) in [6, 6.07) is 0. The quantitative estimate of drug-likeness (QED) is 0.405. The van der Waals surface area contributed by atoms with E-state index in [9.17, 15) is 0 Å². The van der Waals surface area contributed by atoms with Gasteiger partial charge in [-0.25, -0.2) is 0 Å². The molecule has 1 saturated carbocycles. The lowest BCUT2D eigenvalue weighted by atomic mass is 10.4. The monoisotopic (exact) mass is 69.1 g/mol. The molecular weight excluding hydrogens is 60.1 g/mol. The highest BCUT2D eigenvalue weighted by molar-refractivity contribution is 5.07. The van der Waals surface area contributed by atoms with Crippen molar-refractivity contribution in [1.82, 2.24) is 0 Å². The molecule has 0 aromatic heterocycles. The maximum atomic E-state index is 2.26. The van der Waals surface area contributed by atoms with E-state index in [1.807, 2.05) is 0 Å². The number of hydrogen-bond donors (Lipinski definition) is 0. The summed E-state index contributed by atoms with van der Waals surface area (Å²) in [5, 5.41) is 0. The first kappa shape index (κ1) is 3.20. The van der Waals surface area contributed by atoms with Crippen LogP contribution in [0.1, 0.15) is 20.3 Å². The predicted molar refractivity (Wildman–Crippen MR) is 22.7 cm³/mol. The van der Waals surface area contributed by atoms with Crippen LogP contribution in [-0.4, -0.2) is 0 Å². The van der Waals surface area contributed by atoms with Gasteiger partial charge in [-0.3, -0.25) is 0 Å². The molecule has 1 atom stereocenters. The van der Waals surface area contributed by atoms with E-state index in [1.165, 1.54) is 6.42 Å². The van der Waals surface area contributed by atoms with Crippen molar-refractivity contribution in [2.24, 2.45) is 5.92 Å². The van der Waals surface area contributed by atoms with Gasteiger partial charge >= 0.3 is 0 Å². The van der Waals surface area contributed by atoms with E-state index in [4.69, 9.17) is 0 Å². The Balaban J connectivity index is 2.20.